The van der Waals surface area contributed by atoms with Crippen LogP contribution in [-0.2, 0) is 11.2 Å². The van der Waals surface area contributed by atoms with Crippen LogP contribution >= 0.6 is 0 Å². The second-order valence-corrected chi connectivity index (χ2v) is 5.20. The van der Waals surface area contributed by atoms with Gasteiger partial charge in [0.25, 0.3) is 0 Å². The molecule has 0 amide bonds. The summed E-state index contributed by atoms with van der Waals surface area (Å²) >= 11 is 0. The number of rotatable bonds is 4. The summed E-state index contributed by atoms with van der Waals surface area (Å²) in [7, 11) is 0. The molecule has 1 heterocycles. The zero-order chi connectivity index (χ0) is 16.2. The Bertz CT molecular complexity index is 849. The molecular formula is C19H17NO3. The zero-order valence-corrected chi connectivity index (χ0v) is 12.9. The fourth-order valence-electron chi connectivity index (χ4n) is 2.63. The van der Waals surface area contributed by atoms with Crippen molar-refractivity contribution in [1.29, 1.82) is 0 Å². The molecule has 0 saturated carbocycles. The molecule has 4 nitrogen and oxygen atoms in total. The van der Waals surface area contributed by atoms with Crippen molar-refractivity contribution in [2.24, 2.45) is 0 Å². The van der Waals surface area contributed by atoms with Gasteiger partial charge < -0.3 is 4.74 Å². The summed E-state index contributed by atoms with van der Waals surface area (Å²) in [4.78, 5) is 25.0. The van der Waals surface area contributed by atoms with Crippen molar-refractivity contribution in [2.75, 3.05) is 6.61 Å². The molecule has 0 aliphatic heterocycles. The average molecular weight is 307 g/mol. The highest BCUT2D eigenvalue weighted by Gasteiger charge is 2.21. The first-order valence-corrected chi connectivity index (χ1v) is 7.55. The molecule has 0 N–H and O–H groups in total. The van der Waals surface area contributed by atoms with Gasteiger partial charge in [-0.05, 0) is 24.6 Å². The quantitative estimate of drug-likeness (QED) is 0.690. The normalized spacial score (nSPS) is 10.7. The molecule has 0 spiro atoms. The van der Waals surface area contributed by atoms with Crippen molar-refractivity contribution in [3.63, 3.8) is 0 Å². The van der Waals surface area contributed by atoms with E-state index in [1.807, 2.05) is 54.6 Å². The van der Waals surface area contributed by atoms with E-state index < -0.39 is 5.97 Å². The van der Waals surface area contributed by atoms with E-state index in [-0.39, 0.29) is 24.6 Å². The molecule has 2 aromatic carbocycles. The highest BCUT2D eigenvalue weighted by atomic mass is 16.5. The van der Waals surface area contributed by atoms with Crippen LogP contribution in [0.1, 0.15) is 27.8 Å². The van der Waals surface area contributed by atoms with Gasteiger partial charge in [0.2, 0.25) is 5.91 Å². The van der Waals surface area contributed by atoms with Crippen LogP contribution in [0.5, 0.6) is 0 Å². The molecule has 116 valence electrons. The highest BCUT2D eigenvalue weighted by molar-refractivity contribution is 6.03. The number of aromatic nitrogens is 1. The van der Waals surface area contributed by atoms with Gasteiger partial charge in [-0.15, -0.1) is 0 Å². The van der Waals surface area contributed by atoms with Crippen molar-refractivity contribution >= 4 is 22.8 Å². The molecule has 0 unspecified atom stereocenters. The molecule has 3 rings (SSSR count). The maximum atomic E-state index is 12.8. The lowest BCUT2D eigenvalue weighted by Crippen LogP contribution is -2.20. The number of nitrogens with zero attached hydrogens (tertiary/aromatic N) is 1. The van der Waals surface area contributed by atoms with Gasteiger partial charge in [0.05, 0.1) is 18.5 Å². The maximum Gasteiger partial charge on any atom is 0.355 e. The Morgan fingerprint density at radius 1 is 1.00 bits per heavy atom. The van der Waals surface area contributed by atoms with Gasteiger partial charge in [0, 0.05) is 5.39 Å². The summed E-state index contributed by atoms with van der Waals surface area (Å²) < 4.78 is 6.55. The van der Waals surface area contributed by atoms with E-state index in [4.69, 9.17) is 4.74 Å². The Kier molecular flexibility index (Phi) is 4.24. The topological polar surface area (TPSA) is 48.3 Å². The van der Waals surface area contributed by atoms with E-state index in [1.165, 1.54) is 4.57 Å². The van der Waals surface area contributed by atoms with Gasteiger partial charge in [-0.2, -0.15) is 0 Å². The lowest BCUT2D eigenvalue weighted by atomic mass is 10.1. The van der Waals surface area contributed by atoms with Crippen molar-refractivity contribution < 1.29 is 14.3 Å². The minimum atomic E-state index is -0.481. The summed E-state index contributed by atoms with van der Waals surface area (Å²) in [6.07, 6.45) is 0.228. The molecule has 0 saturated heterocycles. The molecule has 1 aromatic heterocycles. The largest absolute Gasteiger partial charge is 0.461 e. The third-order valence-corrected chi connectivity index (χ3v) is 3.64. The Morgan fingerprint density at radius 3 is 2.43 bits per heavy atom. The minimum absolute atomic E-state index is 0.152. The van der Waals surface area contributed by atoms with Crippen LogP contribution in [0.15, 0.2) is 60.7 Å². The lowest BCUT2D eigenvalue weighted by Gasteiger charge is -2.09. The van der Waals surface area contributed by atoms with Crippen molar-refractivity contribution in [2.45, 2.75) is 13.3 Å². The van der Waals surface area contributed by atoms with Crippen LogP contribution in [0.25, 0.3) is 10.9 Å². The fraction of sp³-hybridized carbons (Fsp3) is 0.158. The van der Waals surface area contributed by atoms with Crippen LogP contribution in [0.4, 0.5) is 0 Å². The van der Waals surface area contributed by atoms with Crippen molar-refractivity contribution in [3.8, 4) is 0 Å². The van der Waals surface area contributed by atoms with Crippen molar-refractivity contribution in [1.82, 2.24) is 4.57 Å². The van der Waals surface area contributed by atoms with Gasteiger partial charge in [0.15, 0.2) is 0 Å². The van der Waals surface area contributed by atoms with Crippen LogP contribution in [0.3, 0.4) is 0 Å². The van der Waals surface area contributed by atoms with E-state index in [1.54, 1.807) is 13.0 Å². The molecule has 0 atom stereocenters. The standard InChI is InChI=1S/C19H17NO3/c1-2-23-19(22)17-13-15-10-6-7-11-16(15)20(17)18(21)12-14-8-4-3-5-9-14/h3-11,13H,2,12H2,1H3. The molecule has 0 aliphatic rings. The third-order valence-electron chi connectivity index (χ3n) is 3.64. The van der Waals surface area contributed by atoms with Crippen LogP contribution in [0.2, 0.25) is 0 Å². The van der Waals surface area contributed by atoms with Gasteiger partial charge >= 0.3 is 5.97 Å². The Morgan fingerprint density at radius 2 is 1.70 bits per heavy atom. The first kappa shape index (κ1) is 15.0. The van der Waals surface area contributed by atoms with E-state index >= 15 is 0 Å². The molecule has 0 bridgehead atoms. The Hall–Kier alpha value is -2.88. The number of carbonyl (C=O) groups is 2. The fourth-order valence-corrected chi connectivity index (χ4v) is 2.63. The number of hydrogen-bond donors (Lipinski definition) is 0. The number of para-hydroxylation sites is 1. The summed E-state index contributed by atoms with van der Waals surface area (Å²) in [5.41, 5.74) is 1.90. The number of carbonyl (C=O) groups excluding carboxylic acids is 2. The summed E-state index contributed by atoms with van der Waals surface area (Å²) in [6.45, 7) is 2.02. The molecule has 0 fully saturated rings. The Labute approximate surface area is 134 Å². The summed E-state index contributed by atoms with van der Waals surface area (Å²) in [5, 5.41) is 0.844. The molecular weight excluding hydrogens is 290 g/mol. The monoisotopic (exact) mass is 307 g/mol. The molecule has 0 radical (unpaired) electrons. The molecule has 23 heavy (non-hydrogen) atoms. The first-order valence-electron chi connectivity index (χ1n) is 7.55. The predicted octanol–water partition coefficient (Wildman–Crippen LogP) is 3.70. The first-order chi connectivity index (χ1) is 11.2. The molecule has 4 heteroatoms. The smallest absolute Gasteiger partial charge is 0.355 e. The number of esters is 1. The third kappa shape index (κ3) is 3.01. The van der Waals surface area contributed by atoms with Crippen molar-refractivity contribution in [3.05, 3.63) is 71.9 Å². The van der Waals surface area contributed by atoms with Gasteiger partial charge in [0.1, 0.15) is 5.69 Å². The number of fused-ring (bicyclic) bond motifs is 1. The summed E-state index contributed by atoms with van der Waals surface area (Å²) in [5.74, 6) is -0.634. The number of hydrogen-bond acceptors (Lipinski definition) is 3. The lowest BCUT2D eigenvalue weighted by molar-refractivity contribution is 0.0509. The number of benzene rings is 2. The summed E-state index contributed by atoms with van der Waals surface area (Å²) in [6, 6.07) is 18.6. The van der Waals surface area contributed by atoms with E-state index in [2.05, 4.69) is 0 Å². The molecule has 0 aliphatic carbocycles. The van der Waals surface area contributed by atoms with Crippen LogP contribution in [-0.4, -0.2) is 23.1 Å². The van der Waals surface area contributed by atoms with Gasteiger partial charge in [-0.25, -0.2) is 4.79 Å². The second kappa shape index (κ2) is 6.48. The van der Waals surface area contributed by atoms with Crippen LogP contribution < -0.4 is 0 Å². The van der Waals surface area contributed by atoms with Gasteiger partial charge in [-0.1, -0.05) is 48.5 Å². The maximum absolute atomic E-state index is 12.8. The molecule has 3 aromatic rings. The Balaban J connectivity index is 2.05. The minimum Gasteiger partial charge on any atom is -0.461 e. The number of ether oxygens (including phenoxy) is 1. The van der Waals surface area contributed by atoms with E-state index in [9.17, 15) is 9.59 Å². The average Bonchev–Trinajstić information content (AvgIpc) is 2.95. The predicted molar refractivity (Wildman–Crippen MR) is 88.7 cm³/mol. The van der Waals surface area contributed by atoms with E-state index in [0.717, 1.165) is 16.5 Å². The SMILES string of the molecule is CCOC(=O)c1cc2ccccc2n1C(=O)Cc1ccccc1. The van der Waals surface area contributed by atoms with Gasteiger partial charge in [-0.3, -0.25) is 9.36 Å². The van der Waals surface area contributed by atoms with E-state index in [0.29, 0.717) is 0 Å². The highest BCUT2D eigenvalue weighted by Crippen LogP contribution is 2.21. The second-order valence-electron chi connectivity index (χ2n) is 5.20. The van der Waals surface area contributed by atoms with Crippen LogP contribution in [0, 0.1) is 0 Å². The zero-order valence-electron chi connectivity index (χ0n) is 12.9.